The Balaban J connectivity index is 1.75. The number of hydrogen-bond acceptors (Lipinski definition) is 3. The summed E-state index contributed by atoms with van der Waals surface area (Å²) in [6.07, 6.45) is 8.33. The lowest BCUT2D eigenvalue weighted by Gasteiger charge is -2.29. The number of hydrogen-bond donors (Lipinski definition) is 1. The monoisotopic (exact) mass is 282 g/mol. The van der Waals surface area contributed by atoms with Gasteiger partial charge in [0.05, 0.1) is 6.54 Å². The van der Waals surface area contributed by atoms with Crippen molar-refractivity contribution in [2.24, 2.45) is 16.3 Å². The molecule has 0 amide bonds. The van der Waals surface area contributed by atoms with Crippen LogP contribution in [-0.2, 0) is 0 Å². The summed E-state index contributed by atoms with van der Waals surface area (Å²) in [6.45, 7) is 10.3. The molecule has 1 saturated carbocycles. The Morgan fingerprint density at radius 2 is 1.95 bits per heavy atom. The SMILES string of the molecule is CC(NC1=NCC(CC(C)(C)C)S1)C1CCCCC1. The number of nitrogens with one attached hydrogen (secondary N) is 1. The van der Waals surface area contributed by atoms with Crippen molar-refractivity contribution >= 4 is 16.9 Å². The minimum Gasteiger partial charge on any atom is -0.362 e. The lowest BCUT2D eigenvalue weighted by Crippen LogP contribution is -2.37. The summed E-state index contributed by atoms with van der Waals surface area (Å²) in [5.74, 6) is 0.860. The molecule has 0 bridgehead atoms. The van der Waals surface area contributed by atoms with Gasteiger partial charge in [-0.25, -0.2) is 0 Å². The van der Waals surface area contributed by atoms with E-state index in [4.69, 9.17) is 4.99 Å². The van der Waals surface area contributed by atoms with Crippen LogP contribution in [0.5, 0.6) is 0 Å². The number of aliphatic imine (C=N–C) groups is 1. The fourth-order valence-corrected chi connectivity index (χ4v) is 4.68. The Kier molecular flexibility index (Phi) is 5.22. The van der Waals surface area contributed by atoms with Gasteiger partial charge in [-0.2, -0.15) is 0 Å². The van der Waals surface area contributed by atoms with Gasteiger partial charge < -0.3 is 5.32 Å². The minimum absolute atomic E-state index is 0.414. The third-order valence-corrected chi connectivity index (χ3v) is 5.38. The molecule has 1 fully saturated rings. The molecule has 1 aliphatic heterocycles. The molecule has 2 unspecified atom stereocenters. The molecule has 0 aromatic heterocycles. The maximum atomic E-state index is 4.70. The zero-order valence-electron chi connectivity index (χ0n) is 13.0. The molecular formula is C16H30N2S. The molecule has 0 radical (unpaired) electrons. The summed E-state index contributed by atoms with van der Waals surface area (Å²) < 4.78 is 0. The summed E-state index contributed by atoms with van der Waals surface area (Å²) in [4.78, 5) is 4.70. The van der Waals surface area contributed by atoms with Crippen molar-refractivity contribution in [1.29, 1.82) is 0 Å². The van der Waals surface area contributed by atoms with E-state index in [2.05, 4.69) is 33.0 Å². The Bertz CT molecular complexity index is 313. The van der Waals surface area contributed by atoms with E-state index >= 15 is 0 Å². The van der Waals surface area contributed by atoms with Gasteiger partial charge in [0.1, 0.15) is 0 Å². The standard InChI is InChI=1S/C16H30N2S/c1-12(13-8-6-5-7-9-13)18-15-17-11-14(19-15)10-16(2,3)4/h12-14H,5-11H2,1-4H3,(H,17,18). The highest BCUT2D eigenvalue weighted by atomic mass is 32.2. The Labute approximate surface area is 123 Å². The van der Waals surface area contributed by atoms with Gasteiger partial charge in [0.2, 0.25) is 0 Å². The van der Waals surface area contributed by atoms with E-state index in [0.717, 1.165) is 12.5 Å². The van der Waals surface area contributed by atoms with E-state index in [0.29, 0.717) is 16.7 Å². The smallest absolute Gasteiger partial charge is 0.157 e. The highest BCUT2D eigenvalue weighted by Gasteiger charge is 2.27. The highest BCUT2D eigenvalue weighted by molar-refractivity contribution is 8.14. The van der Waals surface area contributed by atoms with Crippen molar-refractivity contribution in [2.75, 3.05) is 6.54 Å². The first kappa shape index (κ1) is 15.2. The Morgan fingerprint density at radius 1 is 1.26 bits per heavy atom. The van der Waals surface area contributed by atoms with Gasteiger partial charge in [0.25, 0.3) is 0 Å². The van der Waals surface area contributed by atoms with Gasteiger partial charge in [-0.05, 0) is 37.5 Å². The fraction of sp³-hybridized carbons (Fsp3) is 0.938. The van der Waals surface area contributed by atoms with Gasteiger partial charge >= 0.3 is 0 Å². The Hall–Kier alpha value is -0.180. The fourth-order valence-electron chi connectivity index (χ4n) is 3.23. The molecule has 3 heteroatoms. The average Bonchev–Trinajstić information content (AvgIpc) is 2.75. The molecule has 1 N–H and O–H groups in total. The molecule has 2 atom stereocenters. The topological polar surface area (TPSA) is 24.4 Å². The third kappa shape index (κ3) is 5.02. The molecule has 0 aromatic rings. The lowest BCUT2D eigenvalue weighted by molar-refractivity contribution is 0.302. The summed E-state index contributed by atoms with van der Waals surface area (Å²) in [7, 11) is 0. The van der Waals surface area contributed by atoms with Crippen LogP contribution >= 0.6 is 11.8 Å². The predicted octanol–water partition coefficient (Wildman–Crippen LogP) is 4.45. The molecule has 1 aliphatic carbocycles. The summed E-state index contributed by atoms with van der Waals surface area (Å²) in [5.41, 5.74) is 0.414. The highest BCUT2D eigenvalue weighted by Crippen LogP contribution is 2.32. The largest absolute Gasteiger partial charge is 0.362 e. The third-order valence-electron chi connectivity index (χ3n) is 4.26. The number of amidine groups is 1. The number of thioether (sulfide) groups is 1. The maximum absolute atomic E-state index is 4.70. The normalized spacial score (nSPS) is 27.2. The molecule has 2 nitrogen and oxygen atoms in total. The zero-order valence-corrected chi connectivity index (χ0v) is 13.9. The summed E-state index contributed by atoms with van der Waals surface area (Å²) >= 11 is 1.97. The van der Waals surface area contributed by atoms with Crippen molar-refractivity contribution in [3.8, 4) is 0 Å². The van der Waals surface area contributed by atoms with E-state index in [-0.39, 0.29) is 0 Å². The van der Waals surface area contributed by atoms with Crippen molar-refractivity contribution in [3.63, 3.8) is 0 Å². The van der Waals surface area contributed by atoms with Crippen LogP contribution in [0.25, 0.3) is 0 Å². The van der Waals surface area contributed by atoms with E-state index < -0.39 is 0 Å². The second kappa shape index (κ2) is 6.51. The van der Waals surface area contributed by atoms with Crippen molar-refractivity contribution < 1.29 is 0 Å². The van der Waals surface area contributed by atoms with Crippen molar-refractivity contribution in [3.05, 3.63) is 0 Å². The second-order valence-electron chi connectivity index (χ2n) is 7.48. The van der Waals surface area contributed by atoms with Crippen LogP contribution in [0.3, 0.4) is 0 Å². The van der Waals surface area contributed by atoms with Crippen LogP contribution in [0.1, 0.15) is 66.2 Å². The Morgan fingerprint density at radius 3 is 2.58 bits per heavy atom. The van der Waals surface area contributed by atoms with Gasteiger partial charge in [-0.1, -0.05) is 51.8 Å². The summed E-state index contributed by atoms with van der Waals surface area (Å²) in [5, 5.41) is 5.56. The van der Waals surface area contributed by atoms with Crippen molar-refractivity contribution in [1.82, 2.24) is 5.32 Å². The van der Waals surface area contributed by atoms with Crippen LogP contribution in [0, 0.1) is 11.3 Å². The van der Waals surface area contributed by atoms with E-state index in [9.17, 15) is 0 Å². The first-order valence-electron chi connectivity index (χ1n) is 7.92. The van der Waals surface area contributed by atoms with Gasteiger partial charge in [-0.3, -0.25) is 4.99 Å². The van der Waals surface area contributed by atoms with Crippen molar-refractivity contribution in [2.45, 2.75) is 77.5 Å². The predicted molar refractivity (Wildman–Crippen MR) is 86.9 cm³/mol. The molecule has 2 aliphatic rings. The van der Waals surface area contributed by atoms with E-state index in [1.54, 1.807) is 0 Å². The summed E-state index contributed by atoms with van der Waals surface area (Å²) in [6, 6.07) is 0.597. The first-order valence-corrected chi connectivity index (χ1v) is 8.80. The van der Waals surface area contributed by atoms with Gasteiger partial charge in [0.15, 0.2) is 5.17 Å². The maximum Gasteiger partial charge on any atom is 0.157 e. The molecule has 0 saturated heterocycles. The lowest BCUT2D eigenvalue weighted by atomic mass is 9.85. The molecule has 0 spiro atoms. The molecule has 19 heavy (non-hydrogen) atoms. The molecule has 1 heterocycles. The minimum atomic E-state index is 0.414. The van der Waals surface area contributed by atoms with Crippen LogP contribution < -0.4 is 5.32 Å². The van der Waals surface area contributed by atoms with Crippen LogP contribution in [-0.4, -0.2) is 23.0 Å². The van der Waals surface area contributed by atoms with Crippen LogP contribution in [0.2, 0.25) is 0 Å². The average molecular weight is 282 g/mol. The van der Waals surface area contributed by atoms with Crippen LogP contribution in [0.15, 0.2) is 4.99 Å². The van der Waals surface area contributed by atoms with E-state index in [1.165, 1.54) is 43.7 Å². The molecule has 0 aromatic carbocycles. The molecular weight excluding hydrogens is 252 g/mol. The zero-order chi connectivity index (χ0) is 13.9. The number of nitrogens with zero attached hydrogens (tertiary/aromatic N) is 1. The number of rotatable bonds is 3. The van der Waals surface area contributed by atoms with Crippen LogP contribution in [0.4, 0.5) is 0 Å². The quantitative estimate of drug-likeness (QED) is 0.827. The molecule has 2 rings (SSSR count). The first-order chi connectivity index (χ1) is 8.94. The van der Waals surface area contributed by atoms with Gasteiger partial charge in [0, 0.05) is 11.3 Å². The van der Waals surface area contributed by atoms with Gasteiger partial charge in [-0.15, -0.1) is 0 Å². The van der Waals surface area contributed by atoms with E-state index in [1.807, 2.05) is 11.8 Å². The molecule has 110 valence electrons. The second-order valence-corrected chi connectivity index (χ2v) is 8.77.